The molecule has 0 fully saturated rings. The molecule has 4 nitrogen and oxygen atoms in total. The number of carbonyl (C=O) groups is 1. The van der Waals surface area contributed by atoms with E-state index in [1.807, 2.05) is 25.1 Å². The Morgan fingerprint density at radius 1 is 1.48 bits per heavy atom. The third-order valence-electron chi connectivity index (χ3n) is 3.48. The van der Waals surface area contributed by atoms with E-state index in [0.29, 0.717) is 18.9 Å². The summed E-state index contributed by atoms with van der Waals surface area (Å²) in [7, 11) is 1.61. The van der Waals surface area contributed by atoms with Gasteiger partial charge in [-0.25, -0.2) is 0 Å². The van der Waals surface area contributed by atoms with Crippen LogP contribution in [0.2, 0.25) is 0 Å². The summed E-state index contributed by atoms with van der Waals surface area (Å²) in [6.07, 6.45) is 4.93. The molecule has 1 aromatic rings. The zero-order chi connectivity index (χ0) is 15.7. The topological polar surface area (TPSA) is 58.6 Å². The fourth-order valence-corrected chi connectivity index (χ4v) is 2.09. The quantitative estimate of drug-likeness (QED) is 0.724. The summed E-state index contributed by atoms with van der Waals surface area (Å²) in [5, 5.41) is 11.8. The molecule has 1 amide bonds. The number of methoxy groups -OCH3 is 1. The van der Waals surface area contributed by atoms with Crippen LogP contribution in [0.4, 0.5) is 0 Å². The molecule has 1 atom stereocenters. The van der Waals surface area contributed by atoms with Crippen LogP contribution in [-0.2, 0) is 4.79 Å². The van der Waals surface area contributed by atoms with Gasteiger partial charge in [0, 0.05) is 24.8 Å². The summed E-state index contributed by atoms with van der Waals surface area (Å²) in [5.74, 6) is 0.937. The molecule has 4 heteroatoms. The van der Waals surface area contributed by atoms with Crippen molar-refractivity contribution in [2.24, 2.45) is 5.92 Å². The first kappa shape index (κ1) is 17.2. The summed E-state index contributed by atoms with van der Waals surface area (Å²) in [5.41, 5.74) is 2.00. The molecule has 0 aliphatic heterocycles. The van der Waals surface area contributed by atoms with Gasteiger partial charge in [-0.3, -0.25) is 4.79 Å². The number of hydrogen-bond donors (Lipinski definition) is 2. The number of hydrogen-bond acceptors (Lipinski definition) is 3. The second-order valence-corrected chi connectivity index (χ2v) is 5.11. The maximum Gasteiger partial charge on any atom is 0.244 e. The second-order valence-electron chi connectivity index (χ2n) is 5.11. The molecule has 0 saturated heterocycles. The average molecular weight is 291 g/mol. The van der Waals surface area contributed by atoms with Gasteiger partial charge in [0.05, 0.1) is 7.11 Å². The van der Waals surface area contributed by atoms with E-state index in [-0.39, 0.29) is 12.5 Å². The van der Waals surface area contributed by atoms with E-state index in [0.717, 1.165) is 23.3 Å². The molecule has 0 bridgehead atoms. The van der Waals surface area contributed by atoms with E-state index in [1.54, 1.807) is 13.2 Å². The lowest BCUT2D eigenvalue weighted by atomic mass is 10.0. The lowest BCUT2D eigenvalue weighted by Crippen LogP contribution is -2.28. The van der Waals surface area contributed by atoms with Crippen molar-refractivity contribution < 1.29 is 14.6 Å². The normalized spacial score (nSPS) is 12.4. The van der Waals surface area contributed by atoms with Gasteiger partial charge in [-0.15, -0.1) is 0 Å². The third kappa shape index (κ3) is 6.00. The molecule has 1 unspecified atom stereocenters. The number of benzene rings is 1. The molecule has 0 aromatic heterocycles. The molecule has 116 valence electrons. The maximum atomic E-state index is 11.8. The Morgan fingerprint density at radius 2 is 2.24 bits per heavy atom. The highest BCUT2D eigenvalue weighted by Crippen LogP contribution is 2.20. The Hall–Kier alpha value is -1.81. The first-order chi connectivity index (χ1) is 10.1. The van der Waals surface area contributed by atoms with Crippen molar-refractivity contribution in [1.29, 1.82) is 0 Å². The van der Waals surface area contributed by atoms with Gasteiger partial charge in [0.25, 0.3) is 0 Å². The number of carbonyl (C=O) groups excluding carboxylic acids is 1. The van der Waals surface area contributed by atoms with Crippen LogP contribution < -0.4 is 10.1 Å². The average Bonchev–Trinajstić information content (AvgIpc) is 2.49. The van der Waals surface area contributed by atoms with Gasteiger partial charge in [-0.2, -0.15) is 0 Å². The lowest BCUT2D eigenvalue weighted by Gasteiger charge is -2.13. The van der Waals surface area contributed by atoms with Gasteiger partial charge in [-0.1, -0.05) is 25.0 Å². The Bertz CT molecular complexity index is 483. The Kier molecular flexibility index (Phi) is 7.54. The van der Waals surface area contributed by atoms with E-state index in [9.17, 15) is 4.79 Å². The molecule has 0 saturated carbocycles. The molecule has 0 radical (unpaired) electrons. The van der Waals surface area contributed by atoms with E-state index in [1.165, 1.54) is 6.08 Å². The van der Waals surface area contributed by atoms with Gasteiger partial charge >= 0.3 is 0 Å². The molecule has 2 N–H and O–H groups in total. The highest BCUT2D eigenvalue weighted by Gasteiger charge is 2.06. The zero-order valence-electron chi connectivity index (χ0n) is 13.1. The summed E-state index contributed by atoms with van der Waals surface area (Å²) in [6, 6.07) is 5.83. The SMILES string of the molecule is CCC(CCO)CNC(=O)/C=C/c1cc(C)ccc1OC. The predicted molar refractivity (Wildman–Crippen MR) is 85.3 cm³/mol. The smallest absolute Gasteiger partial charge is 0.244 e. The number of rotatable bonds is 8. The van der Waals surface area contributed by atoms with E-state index < -0.39 is 0 Å². The van der Waals surface area contributed by atoms with Crippen LogP contribution in [0, 0.1) is 12.8 Å². The molecule has 0 aliphatic rings. The van der Waals surface area contributed by atoms with Crippen LogP contribution >= 0.6 is 0 Å². The van der Waals surface area contributed by atoms with E-state index >= 15 is 0 Å². The summed E-state index contributed by atoms with van der Waals surface area (Å²) >= 11 is 0. The summed E-state index contributed by atoms with van der Waals surface area (Å²) in [6.45, 7) is 4.80. The van der Waals surface area contributed by atoms with Crippen molar-refractivity contribution in [3.8, 4) is 5.75 Å². The molecule has 0 heterocycles. The van der Waals surface area contributed by atoms with Gasteiger partial charge in [0.2, 0.25) is 5.91 Å². The van der Waals surface area contributed by atoms with Crippen LogP contribution in [-0.4, -0.2) is 31.3 Å². The lowest BCUT2D eigenvalue weighted by molar-refractivity contribution is -0.116. The van der Waals surface area contributed by atoms with Gasteiger partial charge in [-0.05, 0) is 37.5 Å². The van der Waals surface area contributed by atoms with Gasteiger partial charge < -0.3 is 15.2 Å². The predicted octanol–water partition coefficient (Wildman–Crippen LogP) is 2.54. The second kappa shape index (κ2) is 9.19. The van der Waals surface area contributed by atoms with Crippen molar-refractivity contribution in [1.82, 2.24) is 5.32 Å². The molecular formula is C17H25NO3. The minimum absolute atomic E-state index is 0.130. The maximum absolute atomic E-state index is 11.8. The molecule has 0 spiro atoms. The molecule has 1 rings (SSSR count). The van der Waals surface area contributed by atoms with Gasteiger partial charge in [0.15, 0.2) is 0 Å². The Morgan fingerprint density at radius 3 is 2.86 bits per heavy atom. The number of nitrogens with one attached hydrogen (secondary N) is 1. The fourth-order valence-electron chi connectivity index (χ4n) is 2.09. The van der Waals surface area contributed by atoms with Crippen LogP contribution in [0.15, 0.2) is 24.3 Å². The standard InChI is InChI=1S/C17H25NO3/c1-4-14(9-10-19)12-18-17(20)8-6-15-11-13(2)5-7-16(15)21-3/h5-8,11,14,19H,4,9-10,12H2,1-3H3,(H,18,20)/b8-6+. The number of amides is 1. The molecule has 21 heavy (non-hydrogen) atoms. The van der Waals surface area contributed by atoms with E-state index in [2.05, 4.69) is 12.2 Å². The number of ether oxygens (including phenoxy) is 1. The number of aryl methyl sites for hydroxylation is 1. The van der Waals surface area contributed by atoms with Crippen LogP contribution in [0.25, 0.3) is 6.08 Å². The Labute approximate surface area is 126 Å². The number of aliphatic hydroxyl groups excluding tert-OH is 1. The largest absolute Gasteiger partial charge is 0.496 e. The van der Waals surface area contributed by atoms with Crippen LogP contribution in [0.3, 0.4) is 0 Å². The molecular weight excluding hydrogens is 266 g/mol. The molecule has 0 aliphatic carbocycles. The van der Waals surface area contributed by atoms with Gasteiger partial charge in [0.1, 0.15) is 5.75 Å². The highest BCUT2D eigenvalue weighted by atomic mass is 16.5. The van der Waals surface area contributed by atoms with Crippen molar-refractivity contribution in [2.75, 3.05) is 20.3 Å². The summed E-state index contributed by atoms with van der Waals surface area (Å²) < 4.78 is 5.27. The number of aliphatic hydroxyl groups is 1. The monoisotopic (exact) mass is 291 g/mol. The highest BCUT2D eigenvalue weighted by molar-refractivity contribution is 5.92. The van der Waals surface area contributed by atoms with Crippen molar-refractivity contribution in [3.63, 3.8) is 0 Å². The van der Waals surface area contributed by atoms with E-state index in [4.69, 9.17) is 9.84 Å². The minimum Gasteiger partial charge on any atom is -0.496 e. The third-order valence-corrected chi connectivity index (χ3v) is 3.48. The van der Waals surface area contributed by atoms with Crippen LogP contribution in [0.5, 0.6) is 5.75 Å². The zero-order valence-corrected chi connectivity index (χ0v) is 13.1. The fraction of sp³-hybridized carbons (Fsp3) is 0.471. The first-order valence-electron chi connectivity index (χ1n) is 7.32. The Balaban J connectivity index is 2.60. The van der Waals surface area contributed by atoms with Crippen molar-refractivity contribution in [2.45, 2.75) is 26.7 Å². The molecule has 1 aromatic carbocycles. The van der Waals surface area contributed by atoms with Crippen molar-refractivity contribution >= 4 is 12.0 Å². The first-order valence-corrected chi connectivity index (χ1v) is 7.32. The minimum atomic E-state index is -0.130. The summed E-state index contributed by atoms with van der Waals surface area (Å²) in [4.78, 5) is 11.8. The van der Waals surface area contributed by atoms with Crippen LogP contribution in [0.1, 0.15) is 30.9 Å². The van der Waals surface area contributed by atoms with Crippen molar-refractivity contribution in [3.05, 3.63) is 35.4 Å².